The summed E-state index contributed by atoms with van der Waals surface area (Å²) in [7, 11) is 0. The zero-order valence-corrected chi connectivity index (χ0v) is 14.6. The molecule has 2 aromatic heterocycles. The Morgan fingerprint density at radius 3 is 2.77 bits per heavy atom. The molecule has 130 valence electrons. The van der Waals surface area contributed by atoms with Crippen LogP contribution in [0.25, 0.3) is 10.8 Å². The van der Waals surface area contributed by atoms with Crippen LogP contribution < -0.4 is 9.80 Å². The highest BCUT2D eigenvalue weighted by molar-refractivity contribution is 6.11. The largest absolute Gasteiger partial charge is 0.330 e. The quantitative estimate of drug-likeness (QED) is 0.728. The standard InChI is InChI=1S/C19H18N6O/c1-13(2)24-12-16(9-22-24)23-11-15(7-20)25(19(23)26)18-10-21-8-14-5-3-4-6-17(14)18/h3-6,8-10,12-13,15H,11H2,1-2H3/t15-/m1/s1. The van der Waals surface area contributed by atoms with Crippen LogP contribution >= 0.6 is 0 Å². The molecule has 0 bridgehead atoms. The summed E-state index contributed by atoms with van der Waals surface area (Å²) in [6.45, 7) is 4.34. The minimum Gasteiger partial charge on any atom is -0.288 e. The van der Waals surface area contributed by atoms with Gasteiger partial charge in [0.25, 0.3) is 0 Å². The van der Waals surface area contributed by atoms with Crippen molar-refractivity contribution < 1.29 is 4.79 Å². The van der Waals surface area contributed by atoms with E-state index in [-0.39, 0.29) is 12.1 Å². The topological polar surface area (TPSA) is 78.0 Å². The molecule has 26 heavy (non-hydrogen) atoms. The van der Waals surface area contributed by atoms with E-state index in [0.29, 0.717) is 17.9 Å². The van der Waals surface area contributed by atoms with E-state index in [9.17, 15) is 10.1 Å². The molecule has 0 N–H and O–H groups in total. The summed E-state index contributed by atoms with van der Waals surface area (Å²) < 4.78 is 1.80. The molecular formula is C19H18N6O. The molecule has 1 aliphatic rings. The van der Waals surface area contributed by atoms with E-state index in [1.54, 1.807) is 28.2 Å². The smallest absolute Gasteiger partial charge is 0.288 e. The zero-order chi connectivity index (χ0) is 18.3. The highest BCUT2D eigenvalue weighted by atomic mass is 16.2. The number of aromatic nitrogens is 3. The molecule has 2 amide bonds. The van der Waals surface area contributed by atoms with Crippen LogP contribution in [-0.2, 0) is 0 Å². The monoisotopic (exact) mass is 346 g/mol. The molecule has 0 saturated carbocycles. The first-order valence-corrected chi connectivity index (χ1v) is 8.47. The Labute approximate surface area is 151 Å². The lowest BCUT2D eigenvalue weighted by atomic mass is 10.1. The van der Waals surface area contributed by atoms with Gasteiger partial charge in [-0.2, -0.15) is 10.4 Å². The Morgan fingerprint density at radius 1 is 1.23 bits per heavy atom. The fraction of sp³-hybridized carbons (Fsp3) is 0.263. The van der Waals surface area contributed by atoms with Gasteiger partial charge in [0.1, 0.15) is 6.04 Å². The molecule has 0 unspecified atom stereocenters. The lowest BCUT2D eigenvalue weighted by Crippen LogP contribution is -2.34. The summed E-state index contributed by atoms with van der Waals surface area (Å²) in [5, 5.41) is 15.8. The Kier molecular flexibility index (Phi) is 3.81. The summed E-state index contributed by atoms with van der Waals surface area (Å²) in [6, 6.07) is 9.34. The highest BCUT2D eigenvalue weighted by Crippen LogP contribution is 2.33. The normalized spacial score (nSPS) is 17.3. The highest BCUT2D eigenvalue weighted by Gasteiger charge is 2.40. The van der Waals surface area contributed by atoms with Gasteiger partial charge in [0.05, 0.1) is 36.4 Å². The molecule has 1 atom stereocenters. The number of urea groups is 1. The fourth-order valence-corrected chi connectivity index (χ4v) is 3.22. The minimum atomic E-state index is -0.586. The van der Waals surface area contributed by atoms with Gasteiger partial charge < -0.3 is 0 Å². The molecule has 3 aromatic rings. The maximum absolute atomic E-state index is 13.1. The number of pyridine rings is 1. The van der Waals surface area contributed by atoms with Crippen molar-refractivity contribution >= 4 is 28.2 Å². The number of carbonyl (C=O) groups is 1. The Hall–Kier alpha value is -3.40. The van der Waals surface area contributed by atoms with Gasteiger partial charge in [0.15, 0.2) is 0 Å². The van der Waals surface area contributed by atoms with Gasteiger partial charge in [-0.3, -0.25) is 19.5 Å². The first-order valence-electron chi connectivity index (χ1n) is 8.47. The number of fused-ring (bicyclic) bond motifs is 1. The van der Waals surface area contributed by atoms with Crippen molar-refractivity contribution in [3.63, 3.8) is 0 Å². The number of amides is 2. The Bertz CT molecular complexity index is 1010. The number of anilines is 2. The Balaban J connectivity index is 1.76. The minimum absolute atomic E-state index is 0.201. The first-order chi connectivity index (χ1) is 12.6. The van der Waals surface area contributed by atoms with E-state index in [4.69, 9.17) is 0 Å². The Morgan fingerprint density at radius 2 is 2.04 bits per heavy atom. The van der Waals surface area contributed by atoms with Crippen LogP contribution in [0, 0.1) is 11.3 Å². The maximum Gasteiger partial charge on any atom is 0.330 e. The van der Waals surface area contributed by atoms with Crippen LogP contribution in [0.15, 0.2) is 49.1 Å². The van der Waals surface area contributed by atoms with Crippen molar-refractivity contribution in [2.45, 2.75) is 25.9 Å². The molecule has 0 aliphatic carbocycles. The second-order valence-corrected chi connectivity index (χ2v) is 6.56. The van der Waals surface area contributed by atoms with E-state index in [1.807, 2.05) is 44.3 Å². The van der Waals surface area contributed by atoms with Crippen LogP contribution in [0.1, 0.15) is 19.9 Å². The third-order valence-electron chi connectivity index (χ3n) is 4.59. The second kappa shape index (κ2) is 6.15. The third-order valence-corrected chi connectivity index (χ3v) is 4.59. The third kappa shape index (κ3) is 2.47. The van der Waals surface area contributed by atoms with Gasteiger partial charge in [-0.05, 0) is 13.8 Å². The van der Waals surface area contributed by atoms with Crippen molar-refractivity contribution in [2.75, 3.05) is 16.3 Å². The molecule has 0 spiro atoms. The molecule has 1 aromatic carbocycles. The predicted octanol–water partition coefficient (Wildman–Crippen LogP) is 3.35. The van der Waals surface area contributed by atoms with E-state index in [2.05, 4.69) is 16.2 Å². The van der Waals surface area contributed by atoms with Gasteiger partial charge in [-0.15, -0.1) is 0 Å². The molecule has 7 heteroatoms. The summed E-state index contributed by atoms with van der Waals surface area (Å²) in [5.41, 5.74) is 1.35. The van der Waals surface area contributed by atoms with Gasteiger partial charge in [-0.1, -0.05) is 24.3 Å². The molecule has 3 heterocycles. The van der Waals surface area contributed by atoms with Gasteiger partial charge in [0, 0.05) is 29.2 Å². The van der Waals surface area contributed by atoms with Gasteiger partial charge in [-0.25, -0.2) is 4.79 Å². The fourth-order valence-electron chi connectivity index (χ4n) is 3.22. The molecule has 1 saturated heterocycles. The number of carbonyl (C=O) groups excluding carboxylic acids is 1. The summed E-state index contributed by atoms with van der Waals surface area (Å²) in [4.78, 5) is 20.5. The van der Waals surface area contributed by atoms with Gasteiger partial charge in [0.2, 0.25) is 0 Å². The van der Waals surface area contributed by atoms with E-state index < -0.39 is 6.04 Å². The number of hydrogen-bond donors (Lipinski definition) is 0. The average molecular weight is 346 g/mol. The van der Waals surface area contributed by atoms with E-state index in [0.717, 1.165) is 10.8 Å². The molecule has 1 fully saturated rings. The first kappa shape index (κ1) is 16.1. The summed E-state index contributed by atoms with van der Waals surface area (Å²) in [6.07, 6.45) is 6.90. The van der Waals surface area contributed by atoms with Crippen molar-refractivity contribution in [1.29, 1.82) is 5.26 Å². The maximum atomic E-state index is 13.1. The summed E-state index contributed by atoms with van der Waals surface area (Å²) in [5.74, 6) is 0. The molecule has 4 rings (SSSR count). The molecule has 0 radical (unpaired) electrons. The molecule has 1 aliphatic heterocycles. The van der Waals surface area contributed by atoms with Crippen LogP contribution in [-0.4, -0.2) is 33.4 Å². The van der Waals surface area contributed by atoms with Crippen molar-refractivity contribution in [3.8, 4) is 6.07 Å². The second-order valence-electron chi connectivity index (χ2n) is 6.56. The van der Waals surface area contributed by atoms with Crippen LogP contribution in [0.5, 0.6) is 0 Å². The van der Waals surface area contributed by atoms with Crippen molar-refractivity contribution in [3.05, 3.63) is 49.1 Å². The van der Waals surface area contributed by atoms with Crippen LogP contribution in [0.4, 0.5) is 16.2 Å². The van der Waals surface area contributed by atoms with Gasteiger partial charge >= 0.3 is 6.03 Å². The number of nitrogens with zero attached hydrogens (tertiary/aromatic N) is 6. The van der Waals surface area contributed by atoms with Crippen LogP contribution in [0.2, 0.25) is 0 Å². The number of benzene rings is 1. The summed E-state index contributed by atoms with van der Waals surface area (Å²) >= 11 is 0. The van der Waals surface area contributed by atoms with Crippen LogP contribution in [0.3, 0.4) is 0 Å². The number of rotatable bonds is 3. The van der Waals surface area contributed by atoms with Crippen molar-refractivity contribution in [1.82, 2.24) is 14.8 Å². The van der Waals surface area contributed by atoms with Crippen molar-refractivity contribution in [2.24, 2.45) is 0 Å². The lowest BCUT2D eigenvalue weighted by molar-refractivity contribution is 0.255. The molecular weight excluding hydrogens is 328 g/mol. The zero-order valence-electron chi connectivity index (χ0n) is 14.6. The number of hydrogen-bond acceptors (Lipinski definition) is 4. The predicted molar refractivity (Wildman–Crippen MR) is 99.0 cm³/mol. The lowest BCUT2D eigenvalue weighted by Gasteiger charge is -2.20. The SMILES string of the molecule is CC(C)n1cc(N2C[C@@H](C#N)N(c3cncc4ccccc34)C2=O)cn1. The van der Waals surface area contributed by atoms with E-state index >= 15 is 0 Å². The molecule has 7 nitrogen and oxygen atoms in total. The average Bonchev–Trinajstić information content (AvgIpc) is 3.26. The number of nitriles is 1. The van der Waals surface area contributed by atoms with E-state index in [1.165, 1.54) is 4.90 Å².